The van der Waals surface area contributed by atoms with Crippen LogP contribution in [0.5, 0.6) is 17.2 Å². The van der Waals surface area contributed by atoms with Crippen LogP contribution in [0.2, 0.25) is 0 Å². The van der Waals surface area contributed by atoms with Crippen LogP contribution in [0.25, 0.3) is 0 Å². The molecular weight excluding hydrogens is 449 g/mol. The fraction of sp³-hybridized carbons (Fsp3) is 0.182. The summed E-state index contributed by atoms with van der Waals surface area (Å²) in [6.45, 7) is 6.10. The Bertz CT molecular complexity index is 968. The Morgan fingerprint density at radius 3 is 1.74 bits per heavy atom. The summed E-state index contributed by atoms with van der Waals surface area (Å²) in [6.07, 6.45) is 0. The molecule has 3 rings (SSSR count). The van der Waals surface area contributed by atoms with Gasteiger partial charge in [0, 0.05) is 0 Å². The second kappa shape index (κ2) is 12.1. The van der Waals surface area contributed by atoms with E-state index in [9.17, 15) is 0 Å². The quantitative estimate of drug-likeness (QED) is 0.222. The van der Waals surface area contributed by atoms with Gasteiger partial charge in [0.1, 0.15) is 17.2 Å². The van der Waals surface area contributed by atoms with Crippen molar-refractivity contribution in [1.29, 1.82) is 0 Å². The predicted octanol–water partition coefficient (Wildman–Crippen LogP) is 7.79. The average Bonchev–Trinajstić information content (AvgIpc) is 2.78. The molecule has 0 amide bonds. The molecule has 2 unspecified atom stereocenters. The van der Waals surface area contributed by atoms with Gasteiger partial charge in [-0.05, 0) is 57.2 Å². The maximum atomic E-state index is 6.13. The summed E-state index contributed by atoms with van der Waals surface area (Å²) in [5.74, 6) is 2.20. The molecule has 0 N–H and O–H groups in total. The lowest BCUT2D eigenvalue weighted by atomic mass is 10.2. The predicted molar refractivity (Wildman–Crippen MR) is 129 cm³/mol. The number of nitrogens with zero attached hydrogens (tertiary/aromatic N) is 2. The Morgan fingerprint density at radius 2 is 1.23 bits per heavy atom. The molecule has 0 fully saturated rings. The van der Waals surface area contributed by atoms with Crippen molar-refractivity contribution in [2.45, 2.75) is 20.8 Å². The number of hydrogen-bond donors (Lipinski definition) is 0. The molecule has 0 aliphatic heterocycles. The van der Waals surface area contributed by atoms with Gasteiger partial charge in [-0.1, -0.05) is 57.7 Å². The minimum absolute atomic E-state index is 0.136. The van der Waals surface area contributed by atoms with Crippen LogP contribution in [0.4, 0.5) is 0 Å². The molecule has 0 aliphatic carbocycles. The topological polar surface area (TPSA) is 52.5 Å². The summed E-state index contributed by atoms with van der Waals surface area (Å²) < 4.78 is 23.9. The summed E-state index contributed by atoms with van der Waals surface area (Å²) in [5.41, 5.74) is 3.50. The molecule has 0 radical (unpaired) electrons. The van der Waals surface area contributed by atoms with E-state index in [-0.39, 0.29) is 8.96 Å². The maximum Gasteiger partial charge on any atom is 0.337 e. The van der Waals surface area contributed by atoms with Crippen LogP contribution in [0, 0.1) is 20.8 Å². The van der Waals surface area contributed by atoms with Gasteiger partial charge in [-0.2, -0.15) is 0 Å². The minimum atomic E-state index is -1.53. The molecule has 0 saturated carbocycles. The van der Waals surface area contributed by atoms with Gasteiger partial charge in [0.15, 0.2) is 8.96 Å². The number of hydrogen-bond acceptors (Lipinski definition) is 6. The van der Waals surface area contributed by atoms with Crippen molar-refractivity contribution in [2.75, 3.05) is 7.11 Å². The highest BCUT2D eigenvalue weighted by Gasteiger charge is 2.24. The summed E-state index contributed by atoms with van der Waals surface area (Å²) in [7, 11) is 0.323. The SMILES string of the molecule is CON(POc1ccc(C)cc1)P(N=POc1ccc(C)cc1)Oc1ccc(C)cc1. The molecule has 0 spiro atoms. The van der Waals surface area contributed by atoms with Crippen LogP contribution in [0.15, 0.2) is 77.3 Å². The van der Waals surface area contributed by atoms with E-state index in [4.69, 9.17) is 18.4 Å². The molecule has 31 heavy (non-hydrogen) atoms. The Balaban J connectivity index is 1.71. The van der Waals surface area contributed by atoms with Gasteiger partial charge in [-0.15, -0.1) is 4.52 Å². The van der Waals surface area contributed by atoms with Gasteiger partial charge < -0.3 is 13.6 Å². The van der Waals surface area contributed by atoms with Crippen LogP contribution in [-0.4, -0.2) is 11.7 Å². The van der Waals surface area contributed by atoms with Crippen molar-refractivity contribution in [3.63, 3.8) is 0 Å². The van der Waals surface area contributed by atoms with Gasteiger partial charge in [0.2, 0.25) is 0 Å². The van der Waals surface area contributed by atoms with Gasteiger partial charge in [-0.3, -0.25) is 4.84 Å². The smallest absolute Gasteiger partial charge is 0.337 e. The van der Waals surface area contributed by atoms with E-state index in [0.29, 0.717) is 14.3 Å². The summed E-state index contributed by atoms with van der Waals surface area (Å²) in [6, 6.07) is 23.5. The van der Waals surface area contributed by atoms with Gasteiger partial charge in [-0.25, -0.2) is 0 Å². The third kappa shape index (κ3) is 7.85. The lowest BCUT2D eigenvalue weighted by molar-refractivity contribution is 0.0281. The first-order chi connectivity index (χ1) is 15.0. The Labute approximate surface area is 188 Å². The third-order valence-electron chi connectivity index (χ3n) is 4.08. The first-order valence-electron chi connectivity index (χ1n) is 9.56. The minimum Gasteiger partial charge on any atom is -0.458 e. The molecule has 3 aromatic carbocycles. The standard InChI is InChI=1S/C22H25N2O4P3/c1-17-5-11-20(12-6-17)26-29-23-31(28-22-15-9-19(3)10-16-22)24(25-4)30-27-21-13-7-18(2)8-14-21/h5-16,30H,1-4H3. The lowest BCUT2D eigenvalue weighted by Crippen LogP contribution is -2.09. The van der Waals surface area contributed by atoms with Crippen LogP contribution in [-0.2, 0) is 4.84 Å². The number of benzene rings is 3. The molecule has 0 aliphatic rings. The Morgan fingerprint density at radius 1 is 0.742 bits per heavy atom. The van der Waals surface area contributed by atoms with Crippen molar-refractivity contribution < 1.29 is 18.4 Å². The highest BCUT2D eigenvalue weighted by molar-refractivity contribution is 7.60. The fourth-order valence-corrected chi connectivity index (χ4v) is 5.17. The average molecular weight is 474 g/mol. The zero-order valence-electron chi connectivity index (χ0n) is 17.9. The van der Waals surface area contributed by atoms with Crippen molar-refractivity contribution in [3.05, 3.63) is 89.5 Å². The normalized spacial score (nSPS) is 12.5. The summed E-state index contributed by atoms with van der Waals surface area (Å²) in [5, 5.41) is 0. The van der Waals surface area contributed by atoms with E-state index in [1.807, 2.05) is 93.6 Å². The summed E-state index contributed by atoms with van der Waals surface area (Å²) in [4.78, 5) is 5.54. The zero-order chi connectivity index (χ0) is 22.1. The van der Waals surface area contributed by atoms with Crippen LogP contribution >= 0.6 is 26.0 Å². The maximum absolute atomic E-state index is 6.13. The highest BCUT2D eigenvalue weighted by Crippen LogP contribution is 2.52. The van der Waals surface area contributed by atoms with Crippen LogP contribution < -0.4 is 13.6 Å². The van der Waals surface area contributed by atoms with E-state index in [2.05, 4.69) is 4.52 Å². The van der Waals surface area contributed by atoms with E-state index < -0.39 is 8.45 Å². The first-order valence-corrected chi connectivity index (χ1v) is 12.3. The van der Waals surface area contributed by atoms with Gasteiger partial charge >= 0.3 is 8.45 Å². The van der Waals surface area contributed by atoms with Crippen molar-refractivity contribution >= 4 is 26.0 Å². The molecule has 0 saturated heterocycles. The van der Waals surface area contributed by atoms with Crippen molar-refractivity contribution in [1.82, 2.24) is 4.60 Å². The zero-order valence-corrected chi connectivity index (χ0v) is 20.6. The molecule has 0 aromatic heterocycles. The molecule has 162 valence electrons. The monoisotopic (exact) mass is 474 g/mol. The lowest BCUT2D eigenvalue weighted by Gasteiger charge is -2.23. The van der Waals surface area contributed by atoms with E-state index in [1.165, 1.54) is 11.1 Å². The van der Waals surface area contributed by atoms with Crippen molar-refractivity contribution in [2.24, 2.45) is 4.52 Å². The Kier molecular flexibility index (Phi) is 9.21. The van der Waals surface area contributed by atoms with Crippen molar-refractivity contribution in [3.8, 4) is 17.2 Å². The molecule has 3 aromatic rings. The molecule has 6 nitrogen and oxygen atoms in total. The largest absolute Gasteiger partial charge is 0.458 e. The molecule has 9 heteroatoms. The highest BCUT2D eigenvalue weighted by atomic mass is 31.2. The second-order valence-electron chi connectivity index (χ2n) is 6.69. The van der Waals surface area contributed by atoms with Gasteiger partial charge in [0.25, 0.3) is 8.60 Å². The van der Waals surface area contributed by atoms with Gasteiger partial charge in [0.05, 0.1) is 7.11 Å². The van der Waals surface area contributed by atoms with E-state index in [0.717, 1.165) is 17.1 Å². The second-order valence-corrected chi connectivity index (χ2v) is 9.98. The number of rotatable bonds is 10. The molecule has 0 bridgehead atoms. The fourth-order valence-electron chi connectivity index (χ4n) is 2.32. The van der Waals surface area contributed by atoms with E-state index >= 15 is 0 Å². The van der Waals surface area contributed by atoms with Crippen LogP contribution in [0.3, 0.4) is 0 Å². The number of aryl methyl sites for hydroxylation is 3. The van der Waals surface area contributed by atoms with Crippen LogP contribution in [0.1, 0.15) is 16.7 Å². The first kappa shape index (κ1) is 23.6. The third-order valence-corrected chi connectivity index (χ3v) is 7.55. The Hall–Kier alpha value is -2.06. The molecule has 0 heterocycles. The van der Waals surface area contributed by atoms with E-state index in [1.54, 1.807) is 11.7 Å². The molecular formula is C22H25N2O4P3. The summed E-state index contributed by atoms with van der Waals surface area (Å²) >= 11 is 0. The molecule has 2 atom stereocenters.